The average Bonchev–Trinajstić information content (AvgIpc) is 3.53. The Labute approximate surface area is 241 Å². The fourth-order valence-corrected chi connectivity index (χ4v) is 5.85. The third kappa shape index (κ3) is 5.72. The molecule has 3 aromatic carbocycles. The van der Waals surface area contributed by atoms with Gasteiger partial charge in [0.05, 0.1) is 16.8 Å². The number of benzene rings is 3. The molecule has 6 rings (SSSR count). The van der Waals surface area contributed by atoms with Crippen LogP contribution in [0.3, 0.4) is 0 Å². The van der Waals surface area contributed by atoms with E-state index in [0.29, 0.717) is 35.7 Å². The van der Waals surface area contributed by atoms with E-state index >= 15 is 0 Å². The van der Waals surface area contributed by atoms with Gasteiger partial charge in [-0.15, -0.1) is 0 Å². The van der Waals surface area contributed by atoms with Gasteiger partial charge in [0.15, 0.2) is 0 Å². The van der Waals surface area contributed by atoms with Crippen molar-refractivity contribution in [3.8, 4) is 17.0 Å². The van der Waals surface area contributed by atoms with Gasteiger partial charge < -0.3 is 14.8 Å². The van der Waals surface area contributed by atoms with Crippen LogP contribution < -0.4 is 10.1 Å². The lowest BCUT2D eigenvalue weighted by molar-refractivity contribution is 0.0547. The Balaban J connectivity index is 1.42. The summed E-state index contributed by atoms with van der Waals surface area (Å²) in [6.07, 6.45) is 3.30. The van der Waals surface area contributed by atoms with Crippen molar-refractivity contribution in [3.05, 3.63) is 89.0 Å². The number of carbonyl (C=O) groups is 2. The largest absolute Gasteiger partial charge is 0.489 e. The summed E-state index contributed by atoms with van der Waals surface area (Å²) in [6.45, 7) is 9.46. The lowest BCUT2D eigenvalue weighted by atomic mass is 9.99. The third-order valence-electron chi connectivity index (χ3n) is 7.73. The zero-order valence-electron chi connectivity index (χ0n) is 24.0. The molecule has 0 spiro atoms. The summed E-state index contributed by atoms with van der Waals surface area (Å²) in [5.74, 6) is 0.488. The minimum absolute atomic E-state index is 0.174. The Morgan fingerprint density at radius 3 is 2.46 bits per heavy atom. The third-order valence-corrected chi connectivity index (χ3v) is 7.73. The quantitative estimate of drug-likeness (QED) is 0.282. The number of amides is 1. The molecule has 41 heavy (non-hydrogen) atoms. The first-order chi connectivity index (χ1) is 19.8. The smallest absolute Gasteiger partial charge is 0.419 e. The van der Waals surface area contributed by atoms with Crippen molar-refractivity contribution in [2.24, 2.45) is 0 Å². The number of hydrogen-bond acceptors (Lipinski definition) is 5. The number of hydrogen-bond donors (Lipinski definition) is 1. The molecular formula is C34H37N3O4. The zero-order valence-corrected chi connectivity index (χ0v) is 24.0. The minimum atomic E-state index is -0.673. The van der Waals surface area contributed by atoms with Crippen LogP contribution in [0.5, 0.6) is 5.75 Å². The molecule has 1 amide bonds. The van der Waals surface area contributed by atoms with E-state index in [0.717, 1.165) is 41.7 Å². The summed E-state index contributed by atoms with van der Waals surface area (Å²) in [5.41, 5.74) is 5.00. The molecular weight excluding hydrogens is 514 g/mol. The van der Waals surface area contributed by atoms with Crippen molar-refractivity contribution in [2.45, 2.75) is 65.3 Å². The Bertz CT molecular complexity index is 1590. The first kappa shape index (κ1) is 27.1. The number of ether oxygens (including phenoxy) is 2. The highest BCUT2D eigenvalue weighted by atomic mass is 16.6. The van der Waals surface area contributed by atoms with Crippen LogP contribution in [-0.2, 0) is 24.4 Å². The number of piperidine rings is 1. The molecule has 0 radical (unpaired) electrons. The Kier molecular flexibility index (Phi) is 7.30. The first-order valence-corrected chi connectivity index (χ1v) is 14.5. The van der Waals surface area contributed by atoms with E-state index in [1.54, 1.807) is 4.57 Å². The maximum atomic E-state index is 13.6. The summed E-state index contributed by atoms with van der Waals surface area (Å²) >= 11 is 0. The second-order valence-corrected chi connectivity index (χ2v) is 12.0. The van der Waals surface area contributed by atoms with Gasteiger partial charge in [-0.05, 0) is 88.2 Å². The molecule has 4 aromatic rings. The van der Waals surface area contributed by atoms with Gasteiger partial charge in [-0.1, -0.05) is 42.8 Å². The van der Waals surface area contributed by atoms with Crippen molar-refractivity contribution < 1.29 is 19.1 Å². The Morgan fingerprint density at radius 1 is 0.927 bits per heavy atom. The van der Waals surface area contributed by atoms with Gasteiger partial charge in [0.25, 0.3) is 5.91 Å². The molecule has 7 heteroatoms. The number of likely N-dealkylation sites (tertiary alicyclic amines) is 1. The molecule has 212 valence electrons. The molecule has 2 aliphatic heterocycles. The molecule has 0 aliphatic carbocycles. The van der Waals surface area contributed by atoms with Gasteiger partial charge in [-0.25, -0.2) is 9.36 Å². The zero-order chi connectivity index (χ0) is 28.6. The molecule has 2 aliphatic rings. The van der Waals surface area contributed by atoms with Gasteiger partial charge >= 0.3 is 6.09 Å². The summed E-state index contributed by atoms with van der Waals surface area (Å²) in [7, 11) is 0. The summed E-state index contributed by atoms with van der Waals surface area (Å²) < 4.78 is 13.6. The van der Waals surface area contributed by atoms with E-state index in [-0.39, 0.29) is 5.91 Å². The Morgan fingerprint density at radius 2 is 1.71 bits per heavy atom. The van der Waals surface area contributed by atoms with Crippen LogP contribution in [-0.4, -0.2) is 40.2 Å². The van der Waals surface area contributed by atoms with Crippen molar-refractivity contribution in [2.75, 3.05) is 13.1 Å². The maximum Gasteiger partial charge on any atom is 0.419 e. The number of aromatic nitrogens is 1. The van der Waals surface area contributed by atoms with E-state index in [9.17, 15) is 9.59 Å². The van der Waals surface area contributed by atoms with Crippen LogP contribution in [0, 0.1) is 0 Å². The van der Waals surface area contributed by atoms with Crippen molar-refractivity contribution >= 4 is 22.9 Å². The van der Waals surface area contributed by atoms with Crippen LogP contribution >= 0.6 is 0 Å². The molecule has 1 saturated heterocycles. The number of fused-ring (bicyclic) bond motifs is 2. The van der Waals surface area contributed by atoms with E-state index in [4.69, 9.17) is 9.47 Å². The maximum absolute atomic E-state index is 13.6. The van der Waals surface area contributed by atoms with Gasteiger partial charge in [0.1, 0.15) is 18.0 Å². The number of nitrogens with one attached hydrogen (secondary N) is 1. The van der Waals surface area contributed by atoms with Gasteiger partial charge in [-0.3, -0.25) is 9.69 Å². The molecule has 3 heterocycles. The van der Waals surface area contributed by atoms with Crippen molar-refractivity contribution in [1.29, 1.82) is 0 Å². The van der Waals surface area contributed by atoms with E-state index in [1.165, 1.54) is 24.8 Å². The van der Waals surface area contributed by atoms with Crippen LogP contribution in [0.15, 0.2) is 66.7 Å². The minimum Gasteiger partial charge on any atom is -0.489 e. The lowest BCUT2D eigenvalue weighted by Crippen LogP contribution is -2.29. The fraction of sp³-hybridized carbons (Fsp3) is 0.353. The number of nitrogens with zero attached hydrogens (tertiary/aromatic N) is 2. The van der Waals surface area contributed by atoms with Gasteiger partial charge in [-0.2, -0.15) is 0 Å². The summed E-state index contributed by atoms with van der Waals surface area (Å²) in [6, 6.07) is 22.0. The topological polar surface area (TPSA) is 72.8 Å². The lowest BCUT2D eigenvalue weighted by Gasteiger charge is -2.26. The average molecular weight is 552 g/mol. The first-order valence-electron chi connectivity index (χ1n) is 14.5. The van der Waals surface area contributed by atoms with Crippen LogP contribution in [0.1, 0.15) is 67.1 Å². The van der Waals surface area contributed by atoms with Crippen LogP contribution in [0.2, 0.25) is 0 Å². The fourth-order valence-electron chi connectivity index (χ4n) is 5.85. The molecule has 1 N–H and O–H groups in total. The van der Waals surface area contributed by atoms with Crippen LogP contribution in [0.25, 0.3) is 22.2 Å². The summed E-state index contributed by atoms with van der Waals surface area (Å²) in [4.78, 5) is 29.3. The highest BCUT2D eigenvalue weighted by molar-refractivity contribution is 6.07. The molecule has 0 bridgehead atoms. The monoisotopic (exact) mass is 551 g/mol. The number of rotatable bonds is 6. The predicted octanol–water partition coefficient (Wildman–Crippen LogP) is 6.90. The molecule has 0 unspecified atom stereocenters. The molecule has 7 nitrogen and oxygen atoms in total. The normalized spacial score (nSPS) is 15.5. The van der Waals surface area contributed by atoms with Crippen molar-refractivity contribution in [1.82, 2.24) is 14.8 Å². The SMILES string of the molecule is CC(C)(C)OC(=O)n1c(-c2ccc(OCc3ccccc3)c3c2C(=O)NC3)cc2cc(CN3CCCCC3)ccc21. The summed E-state index contributed by atoms with van der Waals surface area (Å²) in [5, 5.41) is 3.90. The van der Waals surface area contributed by atoms with Crippen LogP contribution in [0.4, 0.5) is 4.79 Å². The second kappa shape index (κ2) is 11.1. The predicted molar refractivity (Wildman–Crippen MR) is 160 cm³/mol. The van der Waals surface area contributed by atoms with Crippen molar-refractivity contribution in [3.63, 3.8) is 0 Å². The molecule has 0 atom stereocenters. The highest BCUT2D eigenvalue weighted by Gasteiger charge is 2.31. The van der Waals surface area contributed by atoms with E-state index in [2.05, 4.69) is 22.3 Å². The van der Waals surface area contributed by atoms with Gasteiger partial charge in [0, 0.05) is 29.6 Å². The Hall–Kier alpha value is -4.10. The second-order valence-electron chi connectivity index (χ2n) is 12.0. The molecule has 1 fully saturated rings. The number of carbonyl (C=O) groups excluding carboxylic acids is 2. The highest BCUT2D eigenvalue weighted by Crippen LogP contribution is 2.38. The molecule has 1 aromatic heterocycles. The van der Waals surface area contributed by atoms with Gasteiger partial charge in [0.2, 0.25) is 0 Å². The van der Waals surface area contributed by atoms with E-state index in [1.807, 2.05) is 75.4 Å². The molecule has 0 saturated carbocycles. The standard InChI is InChI=1S/C34H37N3O4/c1-34(2,3)41-33(39)37-28-14-12-24(21-36-16-8-5-9-17-36)18-25(28)19-29(37)26-13-15-30(27-20-35-32(38)31(26)27)40-22-23-10-6-4-7-11-23/h4,6-7,10-15,18-19H,5,8-9,16-17,20-22H2,1-3H3,(H,35,38). The van der Waals surface area contributed by atoms with E-state index < -0.39 is 11.7 Å².